The molecule has 1 amide bonds. The summed E-state index contributed by atoms with van der Waals surface area (Å²) in [5.41, 5.74) is 1.93. The number of aromatic nitrogens is 2. The topological polar surface area (TPSA) is 80.5 Å². The third kappa shape index (κ3) is 4.89. The molecular weight excluding hydrogens is 424 g/mol. The first kappa shape index (κ1) is 21.0. The van der Waals surface area contributed by atoms with E-state index in [1.165, 1.54) is 11.3 Å². The molecule has 1 fully saturated rings. The first-order chi connectivity index (χ1) is 14.4. The van der Waals surface area contributed by atoms with E-state index in [1.807, 2.05) is 5.38 Å². The SMILES string of the molecule is Cc1oc(-c2ccc(Cl)cc2)nc1C(=O)Nc1nc(CN2CC(C)OC(C)C2)cs1. The molecule has 158 valence electrons. The lowest BCUT2D eigenvalue weighted by atomic mass is 10.2. The van der Waals surface area contributed by atoms with Crippen LogP contribution in [0.1, 0.15) is 35.8 Å². The van der Waals surface area contributed by atoms with Crippen molar-refractivity contribution in [3.8, 4) is 11.5 Å². The van der Waals surface area contributed by atoms with Gasteiger partial charge in [-0.05, 0) is 45.0 Å². The van der Waals surface area contributed by atoms with E-state index in [-0.39, 0.29) is 23.8 Å². The van der Waals surface area contributed by atoms with Crippen LogP contribution in [-0.4, -0.2) is 46.1 Å². The highest BCUT2D eigenvalue weighted by Gasteiger charge is 2.23. The number of nitrogens with zero attached hydrogens (tertiary/aromatic N) is 3. The number of carbonyl (C=O) groups is 1. The summed E-state index contributed by atoms with van der Waals surface area (Å²) >= 11 is 7.32. The van der Waals surface area contributed by atoms with Gasteiger partial charge in [-0.15, -0.1) is 11.3 Å². The van der Waals surface area contributed by atoms with Crippen molar-refractivity contribution in [2.45, 2.75) is 39.5 Å². The Morgan fingerprint density at radius 1 is 1.23 bits per heavy atom. The van der Waals surface area contributed by atoms with Crippen molar-refractivity contribution in [2.24, 2.45) is 0 Å². The molecule has 4 rings (SSSR count). The fraction of sp³-hybridized carbons (Fsp3) is 0.381. The molecule has 1 aliphatic rings. The quantitative estimate of drug-likeness (QED) is 0.615. The van der Waals surface area contributed by atoms with Gasteiger partial charge in [-0.3, -0.25) is 15.0 Å². The molecule has 0 saturated carbocycles. The molecule has 9 heteroatoms. The second-order valence-corrected chi connectivity index (χ2v) is 8.77. The molecule has 1 N–H and O–H groups in total. The van der Waals surface area contributed by atoms with Crippen LogP contribution in [0.25, 0.3) is 11.5 Å². The van der Waals surface area contributed by atoms with Crippen molar-refractivity contribution in [3.63, 3.8) is 0 Å². The number of morpholine rings is 1. The number of anilines is 1. The number of amides is 1. The summed E-state index contributed by atoms with van der Waals surface area (Å²) in [7, 11) is 0. The summed E-state index contributed by atoms with van der Waals surface area (Å²) in [6, 6.07) is 7.11. The highest BCUT2D eigenvalue weighted by atomic mass is 35.5. The van der Waals surface area contributed by atoms with Crippen LogP contribution < -0.4 is 5.32 Å². The van der Waals surface area contributed by atoms with Gasteiger partial charge in [0.15, 0.2) is 10.8 Å². The Hall–Kier alpha value is -2.26. The zero-order valence-corrected chi connectivity index (χ0v) is 18.6. The van der Waals surface area contributed by atoms with Gasteiger partial charge >= 0.3 is 0 Å². The van der Waals surface area contributed by atoms with Crippen LogP contribution in [0.15, 0.2) is 34.1 Å². The van der Waals surface area contributed by atoms with E-state index in [0.29, 0.717) is 21.8 Å². The summed E-state index contributed by atoms with van der Waals surface area (Å²) in [6.07, 6.45) is 0.410. The molecule has 0 aliphatic carbocycles. The molecular formula is C21H23ClN4O3S. The fourth-order valence-electron chi connectivity index (χ4n) is 3.56. The Labute approximate surface area is 184 Å². The minimum absolute atomic E-state index is 0.205. The van der Waals surface area contributed by atoms with Gasteiger partial charge in [0.1, 0.15) is 5.76 Å². The predicted molar refractivity (Wildman–Crippen MR) is 117 cm³/mol. The number of thiazole rings is 1. The molecule has 2 aromatic heterocycles. The van der Waals surface area contributed by atoms with Crippen LogP contribution in [0.5, 0.6) is 0 Å². The Morgan fingerprint density at radius 2 is 1.93 bits per heavy atom. The Morgan fingerprint density at radius 3 is 2.63 bits per heavy atom. The third-order valence-corrected chi connectivity index (χ3v) is 5.81. The average Bonchev–Trinajstić information content (AvgIpc) is 3.28. The second-order valence-electron chi connectivity index (χ2n) is 7.48. The van der Waals surface area contributed by atoms with Gasteiger partial charge in [0, 0.05) is 35.6 Å². The van der Waals surface area contributed by atoms with Crippen molar-refractivity contribution >= 4 is 34.0 Å². The van der Waals surface area contributed by atoms with Crippen LogP contribution in [-0.2, 0) is 11.3 Å². The van der Waals surface area contributed by atoms with Gasteiger partial charge in [0.05, 0.1) is 17.9 Å². The number of halogens is 1. The van der Waals surface area contributed by atoms with E-state index in [0.717, 1.165) is 30.9 Å². The molecule has 1 aromatic carbocycles. The highest BCUT2D eigenvalue weighted by molar-refractivity contribution is 7.13. The summed E-state index contributed by atoms with van der Waals surface area (Å²) in [5.74, 6) is 0.487. The molecule has 3 heterocycles. The standard InChI is InChI=1S/C21H23ClN4O3S/c1-12-8-26(9-13(2)28-12)10-17-11-30-21(23-17)25-19(27)18-14(3)29-20(24-18)15-4-6-16(22)7-5-15/h4-7,11-13H,8-10H2,1-3H3,(H,23,25,27). The highest BCUT2D eigenvalue weighted by Crippen LogP contribution is 2.25. The first-order valence-corrected chi connectivity index (χ1v) is 11.0. The van der Waals surface area contributed by atoms with Crippen LogP contribution in [0.2, 0.25) is 5.02 Å². The van der Waals surface area contributed by atoms with Crippen LogP contribution in [0, 0.1) is 6.92 Å². The molecule has 0 radical (unpaired) electrons. The molecule has 30 heavy (non-hydrogen) atoms. The molecule has 3 aromatic rings. The van der Waals surface area contributed by atoms with Gasteiger partial charge < -0.3 is 9.15 Å². The number of ether oxygens (including phenoxy) is 1. The van der Waals surface area contributed by atoms with Crippen LogP contribution >= 0.6 is 22.9 Å². The lowest BCUT2D eigenvalue weighted by Gasteiger charge is -2.34. The number of nitrogens with one attached hydrogen (secondary N) is 1. The molecule has 7 nitrogen and oxygen atoms in total. The Balaban J connectivity index is 1.41. The van der Waals surface area contributed by atoms with E-state index in [9.17, 15) is 4.79 Å². The Bertz CT molecular complexity index is 1020. The summed E-state index contributed by atoms with van der Waals surface area (Å²) in [5, 5.41) is 5.96. The summed E-state index contributed by atoms with van der Waals surface area (Å²) < 4.78 is 11.4. The predicted octanol–water partition coefficient (Wildman–Crippen LogP) is 4.62. The van der Waals surface area contributed by atoms with E-state index in [2.05, 4.69) is 34.0 Å². The number of carbonyl (C=O) groups excluding carboxylic acids is 1. The molecule has 0 spiro atoms. The molecule has 1 aliphatic heterocycles. The van der Waals surface area contributed by atoms with E-state index in [1.54, 1.807) is 31.2 Å². The van der Waals surface area contributed by atoms with Crippen molar-refractivity contribution in [2.75, 3.05) is 18.4 Å². The van der Waals surface area contributed by atoms with Gasteiger partial charge in [-0.25, -0.2) is 9.97 Å². The first-order valence-electron chi connectivity index (χ1n) is 9.74. The lowest BCUT2D eigenvalue weighted by molar-refractivity contribution is -0.0707. The molecule has 0 bridgehead atoms. The number of aryl methyl sites for hydroxylation is 1. The number of benzene rings is 1. The minimum atomic E-state index is -0.342. The molecule has 2 unspecified atom stereocenters. The number of hydrogen-bond acceptors (Lipinski definition) is 7. The summed E-state index contributed by atoms with van der Waals surface area (Å²) in [4.78, 5) is 23.9. The van der Waals surface area contributed by atoms with Crippen LogP contribution in [0.4, 0.5) is 5.13 Å². The fourth-order valence-corrected chi connectivity index (χ4v) is 4.38. The zero-order valence-electron chi connectivity index (χ0n) is 17.0. The van der Waals surface area contributed by atoms with Crippen molar-refractivity contribution in [1.29, 1.82) is 0 Å². The van der Waals surface area contributed by atoms with E-state index >= 15 is 0 Å². The minimum Gasteiger partial charge on any atom is -0.441 e. The largest absolute Gasteiger partial charge is 0.441 e. The number of oxazole rings is 1. The maximum Gasteiger partial charge on any atom is 0.279 e. The Kier molecular flexibility index (Phi) is 6.19. The molecule has 1 saturated heterocycles. The lowest BCUT2D eigenvalue weighted by Crippen LogP contribution is -2.44. The van der Waals surface area contributed by atoms with Gasteiger partial charge in [-0.2, -0.15) is 0 Å². The maximum absolute atomic E-state index is 12.7. The third-order valence-electron chi connectivity index (χ3n) is 4.76. The van der Waals surface area contributed by atoms with Crippen molar-refractivity contribution in [1.82, 2.24) is 14.9 Å². The monoisotopic (exact) mass is 446 g/mol. The zero-order chi connectivity index (χ0) is 21.3. The number of rotatable bonds is 5. The van der Waals surface area contributed by atoms with E-state index in [4.69, 9.17) is 20.8 Å². The average molecular weight is 447 g/mol. The van der Waals surface area contributed by atoms with Crippen molar-refractivity contribution in [3.05, 3.63) is 51.8 Å². The maximum atomic E-state index is 12.7. The number of hydrogen-bond donors (Lipinski definition) is 1. The molecule has 2 atom stereocenters. The second kappa shape index (κ2) is 8.85. The van der Waals surface area contributed by atoms with Gasteiger partial charge in [0.2, 0.25) is 5.89 Å². The van der Waals surface area contributed by atoms with Gasteiger partial charge in [-0.1, -0.05) is 11.6 Å². The smallest absolute Gasteiger partial charge is 0.279 e. The summed E-state index contributed by atoms with van der Waals surface area (Å²) in [6.45, 7) is 8.34. The van der Waals surface area contributed by atoms with Gasteiger partial charge in [0.25, 0.3) is 5.91 Å². The van der Waals surface area contributed by atoms with E-state index < -0.39 is 0 Å². The van der Waals surface area contributed by atoms with Crippen LogP contribution in [0.3, 0.4) is 0 Å². The normalized spacial score (nSPS) is 19.7. The van der Waals surface area contributed by atoms with Crippen molar-refractivity contribution < 1.29 is 13.9 Å².